The highest BCUT2D eigenvalue weighted by Crippen LogP contribution is 2.26. The quantitative estimate of drug-likeness (QED) is 0.857. The lowest BCUT2D eigenvalue weighted by Crippen LogP contribution is -2.29. The Morgan fingerprint density at radius 3 is 2.71 bits per heavy atom. The van der Waals surface area contributed by atoms with Crippen molar-refractivity contribution in [1.29, 1.82) is 0 Å². The van der Waals surface area contributed by atoms with Gasteiger partial charge in [0.15, 0.2) is 0 Å². The number of para-hydroxylation sites is 1. The number of nitrogens with one attached hydrogen (secondary N) is 1. The van der Waals surface area contributed by atoms with Crippen molar-refractivity contribution in [2.24, 2.45) is 0 Å². The van der Waals surface area contributed by atoms with Crippen LogP contribution in [0.5, 0.6) is 0 Å². The molecule has 1 heterocycles. The Morgan fingerprint density at radius 2 is 2.05 bits per heavy atom. The van der Waals surface area contributed by atoms with Gasteiger partial charge >= 0.3 is 0 Å². The Morgan fingerprint density at radius 1 is 1.29 bits per heavy atom. The molecule has 2 rings (SSSR count). The van der Waals surface area contributed by atoms with E-state index >= 15 is 0 Å². The van der Waals surface area contributed by atoms with Crippen LogP contribution in [0.2, 0.25) is 0 Å². The van der Waals surface area contributed by atoms with Crippen LogP contribution in [-0.2, 0) is 0 Å². The van der Waals surface area contributed by atoms with Gasteiger partial charge in [0.1, 0.15) is 0 Å². The summed E-state index contributed by atoms with van der Waals surface area (Å²) in [7, 11) is 1.86. The first-order chi connectivity index (χ1) is 10.1. The number of anilines is 1. The highest BCUT2D eigenvalue weighted by atomic mass is 32.1. The van der Waals surface area contributed by atoms with Gasteiger partial charge in [-0.1, -0.05) is 25.1 Å². The third kappa shape index (κ3) is 3.64. The maximum atomic E-state index is 12.8. The molecule has 1 aromatic heterocycles. The fraction of sp³-hybridized carbons (Fsp3) is 0.353. The third-order valence-corrected chi connectivity index (χ3v) is 4.62. The van der Waals surface area contributed by atoms with Crippen molar-refractivity contribution in [1.82, 2.24) is 4.90 Å². The summed E-state index contributed by atoms with van der Waals surface area (Å²) in [4.78, 5) is 15.8. The minimum Gasteiger partial charge on any atom is -0.384 e. The van der Waals surface area contributed by atoms with Gasteiger partial charge in [-0.05, 0) is 36.9 Å². The van der Waals surface area contributed by atoms with Gasteiger partial charge in [-0.2, -0.15) is 0 Å². The molecule has 1 amide bonds. The van der Waals surface area contributed by atoms with Crippen molar-refractivity contribution in [2.45, 2.75) is 26.3 Å². The van der Waals surface area contributed by atoms with Crippen LogP contribution >= 0.6 is 11.3 Å². The maximum Gasteiger partial charge on any atom is 0.256 e. The molecule has 0 aliphatic heterocycles. The van der Waals surface area contributed by atoms with E-state index in [2.05, 4.69) is 25.2 Å². The molecule has 0 aliphatic rings. The van der Waals surface area contributed by atoms with Crippen molar-refractivity contribution in [2.75, 3.05) is 18.9 Å². The molecule has 0 radical (unpaired) electrons. The van der Waals surface area contributed by atoms with Gasteiger partial charge in [0.05, 0.1) is 11.6 Å². The molecule has 0 aliphatic carbocycles. The minimum atomic E-state index is 0.0510. The summed E-state index contributed by atoms with van der Waals surface area (Å²) in [6.45, 7) is 5.04. The summed E-state index contributed by atoms with van der Waals surface area (Å²) in [6.07, 6.45) is 1.03. The van der Waals surface area contributed by atoms with Crippen LogP contribution in [0.25, 0.3) is 0 Å². The first-order valence-corrected chi connectivity index (χ1v) is 8.16. The van der Waals surface area contributed by atoms with Gasteiger partial charge in [-0.25, -0.2) is 0 Å². The van der Waals surface area contributed by atoms with Crippen LogP contribution in [0.1, 0.15) is 41.5 Å². The standard InChI is InChI=1S/C17H22N2OS/c1-4-11-18-15-9-6-5-8-14(15)17(20)19(3)13(2)16-10-7-12-21-16/h5-10,12-13,18H,4,11H2,1-3H3. The zero-order chi connectivity index (χ0) is 15.2. The third-order valence-electron chi connectivity index (χ3n) is 3.58. The summed E-state index contributed by atoms with van der Waals surface area (Å²) in [5, 5.41) is 5.37. The second-order valence-corrected chi connectivity index (χ2v) is 6.06. The predicted molar refractivity (Wildman–Crippen MR) is 90.1 cm³/mol. The molecule has 0 bridgehead atoms. The summed E-state index contributed by atoms with van der Waals surface area (Å²) in [6, 6.07) is 11.9. The summed E-state index contributed by atoms with van der Waals surface area (Å²) < 4.78 is 0. The van der Waals surface area contributed by atoms with Gasteiger partial charge in [0.25, 0.3) is 5.91 Å². The van der Waals surface area contributed by atoms with E-state index in [4.69, 9.17) is 0 Å². The van der Waals surface area contributed by atoms with Crippen LogP contribution in [-0.4, -0.2) is 24.4 Å². The summed E-state index contributed by atoms with van der Waals surface area (Å²) in [5.41, 5.74) is 1.64. The molecule has 0 fully saturated rings. The number of hydrogen-bond acceptors (Lipinski definition) is 3. The molecule has 0 saturated heterocycles. The maximum absolute atomic E-state index is 12.8. The molecule has 1 N–H and O–H groups in total. The fourth-order valence-electron chi connectivity index (χ4n) is 2.17. The smallest absolute Gasteiger partial charge is 0.256 e. The van der Waals surface area contributed by atoms with Crippen molar-refractivity contribution >= 4 is 22.9 Å². The summed E-state index contributed by atoms with van der Waals surface area (Å²) >= 11 is 1.68. The highest BCUT2D eigenvalue weighted by Gasteiger charge is 2.21. The molecule has 0 saturated carbocycles. The van der Waals surface area contributed by atoms with E-state index < -0.39 is 0 Å². The lowest BCUT2D eigenvalue weighted by molar-refractivity contribution is 0.0746. The van der Waals surface area contributed by atoms with Gasteiger partial charge in [-0.3, -0.25) is 4.79 Å². The molecule has 1 aromatic carbocycles. The van der Waals surface area contributed by atoms with Crippen molar-refractivity contribution < 1.29 is 4.79 Å². The number of benzene rings is 1. The zero-order valence-corrected chi connectivity index (χ0v) is 13.6. The van der Waals surface area contributed by atoms with Crippen LogP contribution < -0.4 is 5.32 Å². The van der Waals surface area contributed by atoms with Gasteiger partial charge in [-0.15, -0.1) is 11.3 Å². The van der Waals surface area contributed by atoms with Crippen molar-refractivity contribution in [3.63, 3.8) is 0 Å². The van der Waals surface area contributed by atoms with Gasteiger partial charge in [0.2, 0.25) is 0 Å². The first kappa shape index (κ1) is 15.6. The van der Waals surface area contributed by atoms with Crippen LogP contribution in [0.4, 0.5) is 5.69 Å². The van der Waals surface area contributed by atoms with E-state index in [9.17, 15) is 4.79 Å². The number of carbonyl (C=O) groups excluding carboxylic acids is 1. The number of rotatable bonds is 6. The normalized spacial score (nSPS) is 12.0. The van der Waals surface area contributed by atoms with E-state index in [0.29, 0.717) is 0 Å². The highest BCUT2D eigenvalue weighted by molar-refractivity contribution is 7.10. The predicted octanol–water partition coefficient (Wildman–Crippen LogP) is 4.40. The van der Waals surface area contributed by atoms with Crippen LogP contribution in [0.3, 0.4) is 0 Å². The SMILES string of the molecule is CCCNc1ccccc1C(=O)N(C)C(C)c1cccs1. The molecule has 3 nitrogen and oxygen atoms in total. The zero-order valence-electron chi connectivity index (χ0n) is 12.8. The van der Waals surface area contributed by atoms with Crippen molar-refractivity contribution in [3.05, 3.63) is 52.2 Å². The molecule has 1 unspecified atom stereocenters. The van der Waals surface area contributed by atoms with E-state index in [1.54, 1.807) is 16.2 Å². The first-order valence-electron chi connectivity index (χ1n) is 7.28. The number of nitrogens with zero attached hydrogens (tertiary/aromatic N) is 1. The van der Waals surface area contributed by atoms with E-state index in [1.165, 1.54) is 4.88 Å². The molecular formula is C17H22N2OS. The number of thiophene rings is 1. The largest absolute Gasteiger partial charge is 0.384 e. The molecule has 4 heteroatoms. The average Bonchev–Trinajstić information content (AvgIpc) is 3.05. The lowest BCUT2D eigenvalue weighted by atomic mass is 10.1. The molecule has 1 atom stereocenters. The molecule has 0 spiro atoms. The second-order valence-electron chi connectivity index (χ2n) is 5.08. The van der Waals surface area contributed by atoms with Crippen molar-refractivity contribution in [3.8, 4) is 0 Å². The minimum absolute atomic E-state index is 0.0510. The summed E-state index contributed by atoms with van der Waals surface area (Å²) in [5.74, 6) is 0.0510. The van der Waals surface area contributed by atoms with Gasteiger partial charge < -0.3 is 10.2 Å². The number of amides is 1. The average molecular weight is 302 g/mol. The van der Waals surface area contributed by atoms with E-state index in [0.717, 1.165) is 24.2 Å². The van der Waals surface area contributed by atoms with E-state index in [1.807, 2.05) is 42.8 Å². The topological polar surface area (TPSA) is 32.3 Å². The number of carbonyl (C=O) groups is 1. The molecule has 21 heavy (non-hydrogen) atoms. The molecule has 112 valence electrons. The van der Waals surface area contributed by atoms with Gasteiger partial charge in [0, 0.05) is 24.2 Å². The molecule has 2 aromatic rings. The Bertz CT molecular complexity index is 580. The molecular weight excluding hydrogens is 280 g/mol. The monoisotopic (exact) mass is 302 g/mol. The van der Waals surface area contributed by atoms with Crippen LogP contribution in [0.15, 0.2) is 41.8 Å². The Kier molecular flexibility index (Phi) is 5.39. The Balaban J connectivity index is 2.19. The van der Waals surface area contributed by atoms with E-state index in [-0.39, 0.29) is 11.9 Å². The number of hydrogen-bond donors (Lipinski definition) is 1. The lowest BCUT2D eigenvalue weighted by Gasteiger charge is -2.25. The Labute approximate surface area is 130 Å². The fourth-order valence-corrected chi connectivity index (χ4v) is 3.00. The van der Waals surface area contributed by atoms with Crippen LogP contribution in [0, 0.1) is 0 Å². The Hall–Kier alpha value is -1.81. The second kappa shape index (κ2) is 7.27.